The van der Waals surface area contributed by atoms with Crippen molar-refractivity contribution in [1.29, 1.82) is 0 Å². The highest BCUT2D eigenvalue weighted by atomic mass is 32.2. The normalized spacial score (nSPS) is 16.2. The molecule has 0 atom stereocenters. The van der Waals surface area contributed by atoms with Gasteiger partial charge in [-0.1, -0.05) is 11.6 Å². The number of thiol groups is 1. The largest absolute Gasteiger partial charge is 0.471 e. The Bertz CT molecular complexity index is 455. The molecule has 1 amide bonds. The van der Waals surface area contributed by atoms with E-state index in [2.05, 4.69) is 0 Å². The van der Waals surface area contributed by atoms with Gasteiger partial charge in [0, 0.05) is 11.4 Å². The molecule has 0 aromatic carbocycles. The highest BCUT2D eigenvalue weighted by molar-refractivity contribution is 7.76. The quantitative estimate of drug-likeness (QED) is 0.764. The molecule has 18 heavy (non-hydrogen) atoms. The summed E-state index contributed by atoms with van der Waals surface area (Å²) in [7, 11) is -2.58. The maximum absolute atomic E-state index is 11.9. The van der Waals surface area contributed by atoms with Crippen molar-refractivity contribution in [2.45, 2.75) is 25.4 Å². The highest BCUT2D eigenvalue weighted by Gasteiger charge is 2.38. The van der Waals surface area contributed by atoms with Crippen LogP contribution in [0.1, 0.15) is 19.3 Å². The minimum Gasteiger partial charge on any atom is -0.348 e. The van der Waals surface area contributed by atoms with Gasteiger partial charge in [0.2, 0.25) is 0 Å². The topological polar surface area (TPSA) is 63.2 Å². The van der Waals surface area contributed by atoms with Crippen molar-refractivity contribution in [3.05, 3.63) is 22.6 Å². The maximum atomic E-state index is 11.9. The van der Waals surface area contributed by atoms with Crippen molar-refractivity contribution in [3.63, 3.8) is 0 Å². The van der Waals surface area contributed by atoms with Crippen molar-refractivity contribution in [3.8, 4) is 0 Å². The third-order valence-electron chi connectivity index (χ3n) is 2.44. The average molecular weight is 283 g/mol. The first-order chi connectivity index (χ1) is 8.30. The van der Waals surface area contributed by atoms with Crippen LogP contribution in [0.5, 0.6) is 0 Å². The van der Waals surface area contributed by atoms with E-state index < -0.39 is 22.8 Å². The zero-order valence-corrected chi connectivity index (χ0v) is 10.2. The Morgan fingerprint density at radius 2 is 1.94 bits per heavy atom. The molecule has 102 valence electrons. The first-order valence-electron chi connectivity index (χ1n) is 5.18. The molecule has 0 aliphatic heterocycles. The van der Waals surface area contributed by atoms with Gasteiger partial charge >= 0.3 is 12.1 Å². The number of carbonyl (C=O) groups is 1. The second-order valence-corrected chi connectivity index (χ2v) is 4.83. The molecular weight excluding hydrogens is 271 g/mol. The Morgan fingerprint density at radius 3 is 2.39 bits per heavy atom. The lowest BCUT2D eigenvalue weighted by Crippen LogP contribution is -2.37. The van der Waals surface area contributed by atoms with Crippen molar-refractivity contribution >= 4 is 16.6 Å². The van der Waals surface area contributed by atoms with Crippen LogP contribution in [0.25, 0.3) is 0 Å². The van der Waals surface area contributed by atoms with Crippen LogP contribution in [0.2, 0.25) is 0 Å². The first kappa shape index (κ1) is 14.7. The van der Waals surface area contributed by atoms with E-state index in [9.17, 15) is 26.4 Å². The van der Waals surface area contributed by atoms with Crippen LogP contribution in [0.4, 0.5) is 13.2 Å². The monoisotopic (exact) mass is 283 g/mol. The van der Waals surface area contributed by atoms with Gasteiger partial charge in [0.05, 0.1) is 0 Å². The fourth-order valence-electron chi connectivity index (χ4n) is 1.47. The van der Waals surface area contributed by atoms with Crippen LogP contribution < -0.4 is 5.32 Å². The van der Waals surface area contributed by atoms with Crippen molar-refractivity contribution in [1.82, 2.24) is 5.32 Å². The summed E-state index contributed by atoms with van der Waals surface area (Å²) in [5.74, 6) is -1.96. The van der Waals surface area contributed by atoms with Gasteiger partial charge in [0.15, 0.2) is 10.7 Å². The van der Waals surface area contributed by atoms with Crippen molar-refractivity contribution < 1.29 is 26.4 Å². The van der Waals surface area contributed by atoms with Crippen molar-refractivity contribution in [2.75, 3.05) is 6.54 Å². The van der Waals surface area contributed by atoms with Crippen molar-refractivity contribution in [2.24, 2.45) is 0 Å². The Morgan fingerprint density at radius 1 is 1.28 bits per heavy atom. The highest BCUT2D eigenvalue weighted by Crippen LogP contribution is 2.21. The standard InChI is InChI=1S/C10H12F3NO3S/c11-10(12,13)9(15)14-6-5-7-1-3-8(4-2-7)18(16)17/h1,3,18H,2,4-6H2,(H,14,15). The average Bonchev–Trinajstić information content (AvgIpc) is 2.28. The summed E-state index contributed by atoms with van der Waals surface area (Å²) < 4.78 is 56.8. The van der Waals surface area contributed by atoms with Gasteiger partial charge in [-0.25, -0.2) is 8.42 Å². The molecular formula is C10H12F3NO3S. The lowest BCUT2D eigenvalue weighted by Gasteiger charge is -2.12. The van der Waals surface area contributed by atoms with E-state index >= 15 is 0 Å². The van der Waals surface area contributed by atoms with E-state index in [1.165, 1.54) is 6.08 Å². The molecule has 0 bridgehead atoms. The van der Waals surface area contributed by atoms with Gasteiger partial charge in [-0.15, -0.1) is 0 Å². The second-order valence-electron chi connectivity index (χ2n) is 3.74. The van der Waals surface area contributed by atoms with Gasteiger partial charge in [-0.05, 0) is 25.3 Å². The number of halogens is 3. The number of carbonyl (C=O) groups excluding carboxylic acids is 1. The number of amides is 1. The van der Waals surface area contributed by atoms with Gasteiger partial charge in [-0.3, -0.25) is 4.79 Å². The lowest BCUT2D eigenvalue weighted by atomic mass is 10.0. The van der Waals surface area contributed by atoms with Gasteiger partial charge < -0.3 is 5.32 Å². The molecule has 0 heterocycles. The summed E-state index contributed by atoms with van der Waals surface area (Å²) in [5, 5.41) is 1.76. The Balaban J connectivity index is 2.41. The molecule has 0 aromatic rings. The molecule has 0 unspecified atom stereocenters. The first-order valence-corrected chi connectivity index (χ1v) is 6.36. The summed E-state index contributed by atoms with van der Waals surface area (Å²) in [6.07, 6.45) is -0.731. The smallest absolute Gasteiger partial charge is 0.348 e. The van der Waals surface area contributed by atoms with Gasteiger partial charge in [0.25, 0.3) is 0 Å². The number of allylic oxidation sites excluding steroid dienone is 3. The second kappa shape index (κ2) is 6.03. The van der Waals surface area contributed by atoms with E-state index in [1.54, 1.807) is 11.4 Å². The summed E-state index contributed by atoms with van der Waals surface area (Å²) in [6.45, 7) is -0.114. The summed E-state index contributed by atoms with van der Waals surface area (Å²) in [6, 6.07) is 0. The summed E-state index contributed by atoms with van der Waals surface area (Å²) >= 11 is 0. The summed E-state index contributed by atoms with van der Waals surface area (Å²) in [5.41, 5.74) is 0.818. The third kappa shape index (κ3) is 4.52. The Hall–Kier alpha value is -1.31. The van der Waals surface area contributed by atoms with E-state index in [4.69, 9.17) is 0 Å². The third-order valence-corrected chi connectivity index (χ3v) is 3.28. The molecule has 4 nitrogen and oxygen atoms in total. The zero-order valence-electron chi connectivity index (χ0n) is 9.29. The van der Waals surface area contributed by atoms with Crippen LogP contribution in [0.3, 0.4) is 0 Å². The molecule has 0 saturated carbocycles. The van der Waals surface area contributed by atoms with E-state index in [1.807, 2.05) is 0 Å². The predicted octanol–water partition coefficient (Wildman–Crippen LogP) is 1.27. The molecule has 1 rings (SSSR count). The van der Waals surface area contributed by atoms with E-state index in [0.29, 0.717) is 17.7 Å². The fraction of sp³-hybridized carbons (Fsp3) is 0.500. The molecule has 0 fully saturated rings. The lowest BCUT2D eigenvalue weighted by molar-refractivity contribution is -0.173. The van der Waals surface area contributed by atoms with E-state index in [0.717, 1.165) is 5.57 Å². The minimum absolute atomic E-state index is 0.114. The van der Waals surface area contributed by atoms with Gasteiger partial charge in [-0.2, -0.15) is 13.2 Å². The van der Waals surface area contributed by atoms with Crippen LogP contribution in [-0.2, 0) is 15.5 Å². The Labute approximate surface area is 104 Å². The number of nitrogens with one attached hydrogen (secondary N) is 1. The minimum atomic E-state index is -4.87. The van der Waals surface area contributed by atoms with Crippen LogP contribution >= 0.6 is 0 Å². The molecule has 1 aliphatic carbocycles. The molecule has 0 radical (unpaired) electrons. The van der Waals surface area contributed by atoms with E-state index in [-0.39, 0.29) is 13.0 Å². The maximum Gasteiger partial charge on any atom is 0.471 e. The molecule has 1 N–H and O–H groups in total. The number of hydrogen-bond donors (Lipinski definition) is 2. The zero-order chi connectivity index (χ0) is 13.8. The molecule has 1 aliphatic rings. The van der Waals surface area contributed by atoms with Crippen LogP contribution in [0.15, 0.2) is 22.6 Å². The SMILES string of the molecule is O=C(NCCC1=CC=C([SH](=O)=O)CC1)C(F)(F)F. The van der Waals surface area contributed by atoms with Crippen LogP contribution in [-0.4, -0.2) is 27.0 Å². The van der Waals surface area contributed by atoms with Crippen LogP contribution in [0, 0.1) is 0 Å². The molecule has 0 aromatic heterocycles. The number of rotatable bonds is 4. The molecule has 0 saturated heterocycles. The number of hydrogen-bond acceptors (Lipinski definition) is 3. The number of alkyl halides is 3. The van der Waals surface area contributed by atoms with Gasteiger partial charge in [0.1, 0.15) is 0 Å². The Kier molecular flexibility index (Phi) is 4.94. The summed E-state index contributed by atoms with van der Waals surface area (Å²) in [4.78, 5) is 10.8. The predicted molar refractivity (Wildman–Crippen MR) is 59.4 cm³/mol. The molecule has 8 heteroatoms. The molecule has 0 spiro atoms. The fourth-order valence-corrected chi connectivity index (χ4v) is 1.96.